The van der Waals surface area contributed by atoms with Gasteiger partial charge >= 0.3 is 12.1 Å². The molecule has 0 saturated heterocycles. The summed E-state index contributed by atoms with van der Waals surface area (Å²) in [6, 6.07) is 7.85. The fraction of sp³-hybridized carbons (Fsp3) is 0.308. The van der Waals surface area contributed by atoms with E-state index in [0.717, 1.165) is 5.56 Å². The molecule has 0 aliphatic heterocycles. The van der Waals surface area contributed by atoms with E-state index in [9.17, 15) is 14.4 Å². The van der Waals surface area contributed by atoms with Crippen molar-refractivity contribution in [2.45, 2.75) is 25.5 Å². The first-order chi connectivity index (χ1) is 9.13. The number of carbonyl (C=O) groups excluding carboxylic acids is 2. The number of carboxylic acids is 1. The molecule has 1 aromatic rings. The van der Waals surface area contributed by atoms with Crippen molar-refractivity contribution in [3.05, 3.63) is 35.9 Å². The predicted octanol–water partition coefficient (Wildman–Crippen LogP) is 1.26. The number of hydrogen-bond acceptors (Lipinski definition) is 4. The van der Waals surface area contributed by atoms with E-state index in [2.05, 4.69) is 5.32 Å². The summed E-state index contributed by atoms with van der Waals surface area (Å²) in [5.74, 6) is -1.22. The molecule has 1 aromatic carbocycles. The van der Waals surface area contributed by atoms with Gasteiger partial charge in [0.15, 0.2) is 6.29 Å². The number of carboxylic acid groups (broad SMARTS) is 1. The number of aliphatic carboxylic acids is 1. The Morgan fingerprint density at radius 2 is 2.00 bits per heavy atom. The molecule has 0 unspecified atom stereocenters. The summed E-state index contributed by atoms with van der Waals surface area (Å²) in [5.41, 5.74) is 0.797. The maximum Gasteiger partial charge on any atom is 0.408 e. The number of hydrogen-bond donors (Lipinski definition) is 2. The average molecular weight is 264 g/mol. The lowest BCUT2D eigenvalue weighted by atomic mass is 10.2. The van der Waals surface area contributed by atoms with Crippen molar-refractivity contribution < 1.29 is 24.2 Å². The van der Waals surface area contributed by atoms with Crippen LogP contribution < -0.4 is 5.32 Å². The van der Waals surface area contributed by atoms with E-state index in [1.165, 1.54) is 0 Å². The van der Waals surface area contributed by atoms with Gasteiger partial charge in [-0.25, -0.2) is 9.59 Å². The molecule has 0 heterocycles. The van der Waals surface area contributed by atoms with Crippen molar-refractivity contribution in [1.29, 1.82) is 0 Å². The van der Waals surface area contributed by atoms with Gasteiger partial charge in [-0.15, -0.1) is 0 Å². The molecule has 0 aromatic heterocycles. The van der Waals surface area contributed by atoms with E-state index in [1.807, 2.05) is 6.07 Å². The van der Waals surface area contributed by atoms with Crippen LogP contribution in [0.2, 0.25) is 0 Å². The molecule has 6 heteroatoms. The average Bonchev–Trinajstić information content (AvgIpc) is 2.42. The number of benzene rings is 1. The highest BCUT2D eigenvalue weighted by Gasteiger charge is 2.20. The lowest BCUT2D eigenvalue weighted by Crippen LogP contribution is -2.41. The maximum atomic E-state index is 11.4. The number of rotatable bonds is 7. The van der Waals surface area contributed by atoms with Crippen LogP contribution in [0.5, 0.6) is 0 Å². The normalized spacial score (nSPS) is 11.4. The van der Waals surface area contributed by atoms with Gasteiger partial charge in [-0.05, 0) is 12.0 Å². The van der Waals surface area contributed by atoms with E-state index in [4.69, 9.17) is 9.84 Å². The van der Waals surface area contributed by atoms with Gasteiger partial charge in [0.1, 0.15) is 12.6 Å². The van der Waals surface area contributed by atoms with Gasteiger partial charge in [-0.3, -0.25) is 4.79 Å². The fourth-order valence-electron chi connectivity index (χ4n) is 1.37. The van der Waals surface area contributed by atoms with Gasteiger partial charge in [0.05, 0.1) is 0 Å². The van der Waals surface area contributed by atoms with Crippen LogP contribution in [-0.2, 0) is 20.9 Å². The van der Waals surface area contributed by atoms with Gasteiger partial charge in [0.2, 0.25) is 0 Å². The van der Waals surface area contributed by atoms with Crippen LogP contribution in [0.15, 0.2) is 30.3 Å². The first kappa shape index (κ1) is 14.7. The molecule has 0 fully saturated rings. The van der Waals surface area contributed by atoms with Crippen LogP contribution >= 0.6 is 0 Å². The number of amides is 1. The fourth-order valence-corrected chi connectivity index (χ4v) is 1.37. The molecule has 1 radical (unpaired) electrons. The van der Waals surface area contributed by atoms with Crippen molar-refractivity contribution in [2.24, 2.45) is 0 Å². The molecular formula is C13H14NO5. The Kier molecular flexibility index (Phi) is 6.08. The largest absolute Gasteiger partial charge is 0.480 e. The third-order valence-corrected chi connectivity index (χ3v) is 2.34. The minimum atomic E-state index is -1.22. The Balaban J connectivity index is 2.40. The zero-order valence-corrected chi connectivity index (χ0v) is 10.2. The van der Waals surface area contributed by atoms with Crippen LogP contribution in [0.3, 0.4) is 0 Å². The third kappa shape index (κ3) is 5.67. The summed E-state index contributed by atoms with van der Waals surface area (Å²) in [6.07, 6.45) is 0.673. The summed E-state index contributed by atoms with van der Waals surface area (Å²) in [5, 5.41) is 11.0. The lowest BCUT2D eigenvalue weighted by Gasteiger charge is -2.13. The minimum absolute atomic E-state index is 0.0146. The van der Waals surface area contributed by atoms with E-state index >= 15 is 0 Å². The van der Waals surface area contributed by atoms with Crippen molar-refractivity contribution in [1.82, 2.24) is 5.32 Å². The van der Waals surface area contributed by atoms with E-state index in [0.29, 0.717) is 0 Å². The standard InChI is InChI=1S/C13H14NO5/c15-8-4-7-11(12(16)17)14-13(18)19-9-10-5-2-1-3-6-10/h1-3,5-6,11H,4,7,9H2,(H,14,18)(H,16,17)/t11-/m0/s1. The van der Waals surface area contributed by atoms with E-state index in [1.54, 1.807) is 30.6 Å². The van der Waals surface area contributed by atoms with Crippen LogP contribution in [0.4, 0.5) is 4.79 Å². The Hall–Kier alpha value is -2.37. The van der Waals surface area contributed by atoms with Crippen molar-refractivity contribution in [2.75, 3.05) is 0 Å². The lowest BCUT2D eigenvalue weighted by molar-refractivity contribution is -0.139. The molecule has 0 saturated carbocycles. The number of carbonyl (C=O) groups is 2. The number of alkyl carbamates (subject to hydrolysis) is 1. The summed E-state index contributed by atoms with van der Waals surface area (Å²) >= 11 is 0. The second-order valence-electron chi connectivity index (χ2n) is 3.78. The first-order valence-electron chi connectivity index (χ1n) is 5.68. The summed E-state index contributed by atoms with van der Waals surface area (Å²) in [4.78, 5) is 32.3. The summed E-state index contributed by atoms with van der Waals surface area (Å²) in [6.45, 7) is 0.0544. The molecule has 0 spiro atoms. The second-order valence-corrected chi connectivity index (χ2v) is 3.78. The van der Waals surface area contributed by atoms with E-state index in [-0.39, 0.29) is 19.4 Å². The van der Waals surface area contributed by atoms with E-state index < -0.39 is 18.1 Å². The Bertz CT molecular complexity index is 432. The topological polar surface area (TPSA) is 92.7 Å². The molecule has 0 bridgehead atoms. The first-order valence-corrected chi connectivity index (χ1v) is 5.68. The summed E-state index contributed by atoms with van der Waals surface area (Å²) < 4.78 is 4.88. The zero-order valence-electron chi connectivity index (χ0n) is 10.2. The van der Waals surface area contributed by atoms with Gasteiger partial charge < -0.3 is 15.2 Å². The number of ether oxygens (including phenoxy) is 1. The molecule has 0 aliphatic carbocycles. The molecular weight excluding hydrogens is 250 g/mol. The second kappa shape index (κ2) is 7.86. The van der Waals surface area contributed by atoms with Gasteiger partial charge in [0.25, 0.3) is 0 Å². The maximum absolute atomic E-state index is 11.4. The SMILES string of the molecule is O=[C]CC[C@H](NC(=O)OCc1ccccc1)C(=O)O. The molecule has 1 amide bonds. The highest BCUT2D eigenvalue weighted by atomic mass is 16.5. The monoisotopic (exact) mass is 264 g/mol. The number of nitrogens with one attached hydrogen (secondary N) is 1. The van der Waals surface area contributed by atoms with Gasteiger partial charge in [0, 0.05) is 6.42 Å². The predicted molar refractivity (Wildman–Crippen MR) is 66.1 cm³/mol. The third-order valence-electron chi connectivity index (χ3n) is 2.34. The highest BCUT2D eigenvalue weighted by molar-refractivity contribution is 5.80. The Morgan fingerprint density at radius 3 is 2.58 bits per heavy atom. The molecule has 6 nitrogen and oxygen atoms in total. The van der Waals surface area contributed by atoms with Crippen LogP contribution in [-0.4, -0.2) is 29.5 Å². The van der Waals surface area contributed by atoms with Crippen LogP contribution in [0, 0.1) is 0 Å². The molecule has 19 heavy (non-hydrogen) atoms. The highest BCUT2D eigenvalue weighted by Crippen LogP contribution is 2.02. The van der Waals surface area contributed by atoms with Crippen LogP contribution in [0.1, 0.15) is 18.4 Å². The van der Waals surface area contributed by atoms with Gasteiger partial charge in [-0.1, -0.05) is 30.3 Å². The zero-order chi connectivity index (χ0) is 14.1. The molecule has 1 rings (SSSR count). The quantitative estimate of drug-likeness (QED) is 0.773. The molecule has 2 N–H and O–H groups in total. The van der Waals surface area contributed by atoms with Crippen molar-refractivity contribution in [3.8, 4) is 0 Å². The van der Waals surface area contributed by atoms with Gasteiger partial charge in [-0.2, -0.15) is 0 Å². The molecule has 101 valence electrons. The summed E-state index contributed by atoms with van der Waals surface area (Å²) in [7, 11) is 0. The van der Waals surface area contributed by atoms with Crippen LogP contribution in [0.25, 0.3) is 0 Å². The van der Waals surface area contributed by atoms with Crippen molar-refractivity contribution in [3.63, 3.8) is 0 Å². The Morgan fingerprint density at radius 1 is 1.32 bits per heavy atom. The Labute approximate surface area is 110 Å². The molecule has 1 atom stereocenters. The van der Waals surface area contributed by atoms with Crippen molar-refractivity contribution >= 4 is 18.3 Å². The molecule has 0 aliphatic rings. The minimum Gasteiger partial charge on any atom is -0.480 e. The smallest absolute Gasteiger partial charge is 0.408 e.